The fourth-order valence-electron chi connectivity index (χ4n) is 5.25. The van der Waals surface area contributed by atoms with Gasteiger partial charge in [0.1, 0.15) is 0 Å². The number of likely N-dealkylation sites (tertiary alicyclic amines) is 2. The summed E-state index contributed by atoms with van der Waals surface area (Å²) < 4.78 is 1.75. The van der Waals surface area contributed by atoms with Crippen LogP contribution in [0.5, 0.6) is 0 Å². The lowest BCUT2D eigenvalue weighted by molar-refractivity contribution is -0.145. The van der Waals surface area contributed by atoms with Crippen LogP contribution in [0, 0.1) is 11.3 Å². The maximum atomic E-state index is 13.2. The molecule has 148 valence electrons. The van der Waals surface area contributed by atoms with E-state index in [1.165, 1.54) is 12.8 Å². The van der Waals surface area contributed by atoms with Crippen LogP contribution in [0.1, 0.15) is 37.7 Å². The average molecular weight is 380 g/mol. The lowest BCUT2D eigenvalue weighted by Gasteiger charge is -2.39. The third kappa shape index (κ3) is 3.06. The Kier molecular flexibility index (Phi) is 4.31. The minimum absolute atomic E-state index is 0.0741. The number of hydrogen-bond acceptors (Lipinski definition) is 3. The Morgan fingerprint density at radius 1 is 1.11 bits per heavy atom. The second-order valence-corrected chi connectivity index (χ2v) is 9.13. The standard InChI is InChI=1S/C23H29N3O2/c1-24-20-6-3-2-5-18(20)13-19(21(24)27)15-25-12-10-23(16-25)9-4-11-26(22(23)28)14-17-7-8-17/h2-3,5-6,13,17H,4,7-12,14-16H2,1H3. The summed E-state index contributed by atoms with van der Waals surface area (Å²) in [6.07, 6.45) is 5.62. The van der Waals surface area contributed by atoms with Crippen molar-refractivity contribution in [2.24, 2.45) is 18.4 Å². The van der Waals surface area contributed by atoms with Gasteiger partial charge in [0, 0.05) is 38.8 Å². The van der Waals surface area contributed by atoms with Crippen molar-refractivity contribution in [3.05, 3.63) is 46.2 Å². The van der Waals surface area contributed by atoms with Gasteiger partial charge in [-0.1, -0.05) is 18.2 Å². The van der Waals surface area contributed by atoms with Crippen molar-refractivity contribution in [2.45, 2.75) is 38.6 Å². The first kappa shape index (κ1) is 17.9. The quantitative estimate of drug-likeness (QED) is 0.821. The Morgan fingerprint density at radius 3 is 2.75 bits per heavy atom. The summed E-state index contributed by atoms with van der Waals surface area (Å²) in [7, 11) is 1.85. The lowest BCUT2D eigenvalue weighted by Crippen LogP contribution is -2.50. The van der Waals surface area contributed by atoms with Crippen LogP contribution in [0.3, 0.4) is 0 Å². The third-order valence-electron chi connectivity index (χ3n) is 7.03. The molecule has 2 aliphatic heterocycles. The van der Waals surface area contributed by atoms with Crippen molar-refractivity contribution in [1.82, 2.24) is 14.4 Å². The second-order valence-electron chi connectivity index (χ2n) is 9.13. The number of amides is 1. The molecule has 5 nitrogen and oxygen atoms in total. The molecule has 2 aromatic rings. The van der Waals surface area contributed by atoms with E-state index in [0.717, 1.165) is 67.8 Å². The van der Waals surface area contributed by atoms with E-state index in [2.05, 4.69) is 15.9 Å². The molecule has 1 atom stereocenters. The van der Waals surface area contributed by atoms with Crippen molar-refractivity contribution < 1.29 is 4.79 Å². The van der Waals surface area contributed by atoms with Gasteiger partial charge in [-0.3, -0.25) is 14.5 Å². The normalized spacial score (nSPS) is 25.9. The zero-order chi connectivity index (χ0) is 19.3. The summed E-state index contributed by atoms with van der Waals surface area (Å²) in [6.45, 7) is 4.23. The Labute approximate surface area is 165 Å². The zero-order valence-corrected chi connectivity index (χ0v) is 16.7. The van der Waals surface area contributed by atoms with E-state index in [1.807, 2.05) is 31.3 Å². The average Bonchev–Trinajstić information content (AvgIpc) is 3.43. The summed E-state index contributed by atoms with van der Waals surface area (Å²) in [4.78, 5) is 30.5. The van der Waals surface area contributed by atoms with Gasteiger partial charge in [-0.15, -0.1) is 0 Å². The number of piperidine rings is 1. The van der Waals surface area contributed by atoms with Gasteiger partial charge >= 0.3 is 0 Å². The molecule has 3 aliphatic rings. The van der Waals surface area contributed by atoms with Crippen molar-refractivity contribution in [2.75, 3.05) is 26.2 Å². The maximum Gasteiger partial charge on any atom is 0.255 e. The third-order valence-corrected chi connectivity index (χ3v) is 7.03. The van der Waals surface area contributed by atoms with E-state index < -0.39 is 0 Å². The molecule has 1 saturated carbocycles. The molecule has 0 radical (unpaired) electrons. The lowest BCUT2D eigenvalue weighted by atomic mass is 9.78. The molecule has 3 fully saturated rings. The van der Waals surface area contributed by atoms with Gasteiger partial charge in [-0.05, 0) is 62.1 Å². The highest BCUT2D eigenvalue weighted by Crippen LogP contribution is 2.42. The van der Waals surface area contributed by atoms with Crippen LogP contribution in [0.25, 0.3) is 10.9 Å². The zero-order valence-electron chi connectivity index (χ0n) is 16.7. The minimum atomic E-state index is -0.213. The highest BCUT2D eigenvalue weighted by atomic mass is 16.2. The first-order chi connectivity index (χ1) is 13.6. The Bertz CT molecular complexity index is 977. The van der Waals surface area contributed by atoms with E-state index >= 15 is 0 Å². The first-order valence-electron chi connectivity index (χ1n) is 10.7. The van der Waals surface area contributed by atoms with Gasteiger partial charge in [-0.2, -0.15) is 0 Å². The van der Waals surface area contributed by atoms with E-state index in [9.17, 15) is 9.59 Å². The van der Waals surface area contributed by atoms with Crippen molar-refractivity contribution in [3.63, 3.8) is 0 Å². The summed E-state index contributed by atoms with van der Waals surface area (Å²) in [5.74, 6) is 1.12. The SMILES string of the molecule is Cn1c(=O)c(CN2CCC3(CCCN(CC4CC4)C3=O)C2)cc2ccccc21. The molecule has 0 N–H and O–H groups in total. The minimum Gasteiger partial charge on any atom is -0.342 e. The van der Waals surface area contributed by atoms with Crippen LogP contribution >= 0.6 is 0 Å². The number of benzene rings is 1. The molecule has 1 unspecified atom stereocenters. The number of para-hydroxylation sites is 1. The smallest absolute Gasteiger partial charge is 0.255 e. The predicted octanol–water partition coefficient (Wildman–Crippen LogP) is 2.76. The molecule has 3 heterocycles. The molecular weight excluding hydrogens is 350 g/mol. The molecule has 1 spiro atoms. The highest BCUT2D eigenvalue weighted by Gasteiger charge is 2.48. The number of rotatable bonds is 4. The van der Waals surface area contributed by atoms with E-state index in [0.29, 0.717) is 12.5 Å². The largest absolute Gasteiger partial charge is 0.342 e. The summed E-state index contributed by atoms with van der Waals surface area (Å²) >= 11 is 0. The summed E-state index contributed by atoms with van der Waals surface area (Å²) in [6, 6.07) is 10.1. The predicted molar refractivity (Wildman–Crippen MR) is 110 cm³/mol. The number of fused-ring (bicyclic) bond motifs is 1. The van der Waals surface area contributed by atoms with Crippen molar-refractivity contribution in [1.29, 1.82) is 0 Å². The van der Waals surface area contributed by atoms with Crippen LogP contribution in [0.4, 0.5) is 0 Å². The van der Waals surface area contributed by atoms with Gasteiger partial charge in [0.05, 0.1) is 10.9 Å². The highest BCUT2D eigenvalue weighted by molar-refractivity contribution is 5.84. The van der Waals surface area contributed by atoms with Gasteiger partial charge in [-0.25, -0.2) is 0 Å². The summed E-state index contributed by atoms with van der Waals surface area (Å²) in [5, 5.41) is 1.10. The molecule has 1 amide bonds. The number of pyridine rings is 1. The molecule has 0 bridgehead atoms. The molecule has 1 aromatic carbocycles. The van der Waals surface area contributed by atoms with Crippen molar-refractivity contribution >= 4 is 16.8 Å². The number of aryl methyl sites for hydroxylation is 1. The molecule has 1 aromatic heterocycles. The van der Waals surface area contributed by atoms with Crippen LogP contribution in [0.15, 0.2) is 35.1 Å². The Balaban J connectivity index is 1.35. The van der Waals surface area contributed by atoms with E-state index in [1.54, 1.807) is 4.57 Å². The van der Waals surface area contributed by atoms with Crippen LogP contribution in [0.2, 0.25) is 0 Å². The van der Waals surface area contributed by atoms with Gasteiger partial charge in [0.25, 0.3) is 5.56 Å². The van der Waals surface area contributed by atoms with E-state index in [4.69, 9.17) is 0 Å². The number of aromatic nitrogens is 1. The van der Waals surface area contributed by atoms with Gasteiger partial charge in [0.15, 0.2) is 0 Å². The number of carbonyl (C=O) groups excluding carboxylic acids is 1. The monoisotopic (exact) mass is 379 g/mol. The topological polar surface area (TPSA) is 45.6 Å². The number of hydrogen-bond donors (Lipinski definition) is 0. The fourth-order valence-corrected chi connectivity index (χ4v) is 5.25. The molecule has 5 rings (SSSR count). The fraction of sp³-hybridized carbons (Fsp3) is 0.565. The van der Waals surface area contributed by atoms with Crippen LogP contribution in [-0.4, -0.2) is 46.5 Å². The second kappa shape index (κ2) is 6.73. The van der Waals surface area contributed by atoms with Gasteiger partial charge in [0.2, 0.25) is 5.91 Å². The van der Waals surface area contributed by atoms with Crippen LogP contribution < -0.4 is 5.56 Å². The number of nitrogens with zero attached hydrogens (tertiary/aromatic N) is 3. The van der Waals surface area contributed by atoms with E-state index in [-0.39, 0.29) is 11.0 Å². The maximum absolute atomic E-state index is 13.2. The summed E-state index contributed by atoms with van der Waals surface area (Å²) in [5.41, 5.74) is 1.66. The Morgan fingerprint density at radius 2 is 1.93 bits per heavy atom. The van der Waals surface area contributed by atoms with Crippen LogP contribution in [-0.2, 0) is 18.4 Å². The molecule has 28 heavy (non-hydrogen) atoms. The Hall–Kier alpha value is -2.14. The molecular formula is C23H29N3O2. The first-order valence-corrected chi connectivity index (χ1v) is 10.7. The molecule has 1 aliphatic carbocycles. The molecule has 2 saturated heterocycles. The van der Waals surface area contributed by atoms with Crippen molar-refractivity contribution in [3.8, 4) is 0 Å². The number of carbonyl (C=O) groups is 1. The van der Waals surface area contributed by atoms with Gasteiger partial charge < -0.3 is 9.47 Å². The molecule has 5 heteroatoms.